The molecule has 3 heteroatoms. The molecule has 0 radical (unpaired) electrons. The third kappa shape index (κ3) is 1.34. The van der Waals surface area contributed by atoms with Gasteiger partial charge in [-0.25, -0.2) is 5.43 Å². The first-order valence-electron chi connectivity index (χ1n) is 3.78. The number of nitrogens with one attached hydrogen (secondary N) is 2. The van der Waals surface area contributed by atoms with Crippen LogP contribution >= 0.6 is 0 Å². The van der Waals surface area contributed by atoms with Gasteiger partial charge in [0.05, 0.1) is 5.69 Å². The molecule has 3 nitrogen and oxygen atoms in total. The van der Waals surface area contributed by atoms with Gasteiger partial charge >= 0.3 is 0 Å². The Balaban J connectivity index is 2.16. The van der Waals surface area contributed by atoms with Crippen LogP contribution in [0.2, 0.25) is 0 Å². The van der Waals surface area contributed by atoms with E-state index < -0.39 is 0 Å². The normalized spacial score (nSPS) is 17.3. The van der Waals surface area contributed by atoms with E-state index in [-0.39, 0.29) is 0 Å². The minimum Gasteiger partial charge on any atom is -0.294 e. The van der Waals surface area contributed by atoms with Gasteiger partial charge in [-0.05, 0) is 12.1 Å². The van der Waals surface area contributed by atoms with E-state index in [9.17, 15) is 0 Å². The number of anilines is 1. The molecule has 0 unspecified atom stereocenters. The number of hydrogen-bond donors (Lipinski definition) is 2. The first-order valence-corrected chi connectivity index (χ1v) is 3.78. The summed E-state index contributed by atoms with van der Waals surface area (Å²) < 4.78 is 0. The second kappa shape index (κ2) is 2.90. The van der Waals surface area contributed by atoms with Crippen LogP contribution in [0.25, 0.3) is 0 Å². The number of benzene rings is 1. The maximum absolute atomic E-state index is 3.06. The fraction of sp³-hybridized carbons (Fsp3) is 0.250. The summed E-state index contributed by atoms with van der Waals surface area (Å²) in [6.07, 6.45) is 0. The highest BCUT2D eigenvalue weighted by Gasteiger charge is 2.09. The summed E-state index contributed by atoms with van der Waals surface area (Å²) in [5.74, 6) is 0. The summed E-state index contributed by atoms with van der Waals surface area (Å²) in [4.78, 5) is 0. The van der Waals surface area contributed by atoms with Gasteiger partial charge in [0.1, 0.15) is 0 Å². The van der Waals surface area contributed by atoms with Crippen molar-refractivity contribution in [3.8, 4) is 0 Å². The van der Waals surface area contributed by atoms with E-state index in [0.717, 1.165) is 13.1 Å². The number of nitrogens with zero attached hydrogens (tertiary/aromatic N) is 1. The van der Waals surface area contributed by atoms with Crippen molar-refractivity contribution in [1.29, 1.82) is 0 Å². The Bertz CT molecular complexity index is 216. The van der Waals surface area contributed by atoms with Crippen LogP contribution in [0.1, 0.15) is 0 Å². The molecule has 2 rings (SSSR count). The van der Waals surface area contributed by atoms with E-state index in [1.54, 1.807) is 0 Å². The first kappa shape index (κ1) is 6.64. The van der Waals surface area contributed by atoms with Crippen molar-refractivity contribution >= 4 is 5.69 Å². The molecule has 1 saturated heterocycles. The Morgan fingerprint density at radius 2 is 2.00 bits per heavy atom. The number of hydrogen-bond acceptors (Lipinski definition) is 3. The molecule has 1 aliphatic rings. The van der Waals surface area contributed by atoms with E-state index in [0.29, 0.717) is 0 Å². The molecule has 58 valence electrons. The minimum atomic E-state index is 0.995. The predicted molar refractivity (Wildman–Crippen MR) is 44.9 cm³/mol. The maximum atomic E-state index is 3.06. The smallest absolute Gasteiger partial charge is 0.0533 e. The van der Waals surface area contributed by atoms with Crippen molar-refractivity contribution in [2.24, 2.45) is 0 Å². The van der Waals surface area contributed by atoms with Gasteiger partial charge in [-0.3, -0.25) is 5.01 Å². The highest BCUT2D eigenvalue weighted by atomic mass is 15.7. The lowest BCUT2D eigenvalue weighted by molar-refractivity contribution is 0.654. The van der Waals surface area contributed by atoms with E-state index in [4.69, 9.17) is 0 Å². The van der Waals surface area contributed by atoms with E-state index >= 15 is 0 Å². The molecule has 1 aliphatic heterocycles. The molecule has 2 N–H and O–H groups in total. The summed E-state index contributed by atoms with van der Waals surface area (Å²) in [5, 5.41) is 2.08. The third-order valence-electron chi connectivity index (χ3n) is 1.74. The van der Waals surface area contributed by atoms with Crippen LogP contribution in [0.4, 0.5) is 5.69 Å². The van der Waals surface area contributed by atoms with Gasteiger partial charge in [0, 0.05) is 13.1 Å². The fourth-order valence-electron chi connectivity index (χ4n) is 1.18. The second-order valence-corrected chi connectivity index (χ2v) is 2.53. The zero-order valence-electron chi connectivity index (χ0n) is 6.25. The largest absolute Gasteiger partial charge is 0.294 e. The fourth-order valence-corrected chi connectivity index (χ4v) is 1.18. The molecule has 0 bridgehead atoms. The topological polar surface area (TPSA) is 27.3 Å². The van der Waals surface area contributed by atoms with Crippen LogP contribution in [0, 0.1) is 0 Å². The van der Waals surface area contributed by atoms with Crippen LogP contribution in [0.5, 0.6) is 0 Å². The van der Waals surface area contributed by atoms with Gasteiger partial charge in [-0.2, -0.15) is 5.53 Å². The zero-order valence-corrected chi connectivity index (χ0v) is 6.25. The Hall–Kier alpha value is -1.06. The number of hydrazine groups is 2. The van der Waals surface area contributed by atoms with Crippen molar-refractivity contribution < 1.29 is 0 Å². The highest BCUT2D eigenvalue weighted by molar-refractivity contribution is 5.44. The molecule has 0 atom stereocenters. The lowest BCUT2D eigenvalue weighted by Crippen LogP contribution is -2.35. The highest BCUT2D eigenvalue weighted by Crippen LogP contribution is 2.10. The first-order chi connectivity index (χ1) is 5.47. The molecular formula is C8H11N3. The van der Waals surface area contributed by atoms with E-state index in [1.807, 2.05) is 18.2 Å². The molecule has 0 saturated carbocycles. The van der Waals surface area contributed by atoms with Crippen molar-refractivity contribution in [2.75, 3.05) is 18.1 Å². The van der Waals surface area contributed by atoms with Crippen LogP contribution in [0.15, 0.2) is 30.3 Å². The summed E-state index contributed by atoms with van der Waals surface area (Å²) in [6.45, 7) is 2.01. The second-order valence-electron chi connectivity index (χ2n) is 2.53. The number of para-hydroxylation sites is 1. The summed E-state index contributed by atoms with van der Waals surface area (Å²) in [5.41, 5.74) is 7.31. The monoisotopic (exact) mass is 149 g/mol. The van der Waals surface area contributed by atoms with Gasteiger partial charge in [-0.1, -0.05) is 18.2 Å². The standard InChI is InChI=1S/C8H11N3/c1-2-4-8(5-3-1)11-7-6-9-10-11/h1-5,9-10H,6-7H2. The molecule has 11 heavy (non-hydrogen) atoms. The van der Waals surface area contributed by atoms with Crippen molar-refractivity contribution in [3.05, 3.63) is 30.3 Å². The average molecular weight is 149 g/mol. The lowest BCUT2D eigenvalue weighted by Gasteiger charge is -2.15. The SMILES string of the molecule is c1ccc(N2CCNN2)cc1. The number of rotatable bonds is 1. The third-order valence-corrected chi connectivity index (χ3v) is 1.74. The minimum absolute atomic E-state index is 0.995. The zero-order chi connectivity index (χ0) is 7.52. The molecule has 0 aromatic heterocycles. The van der Waals surface area contributed by atoms with E-state index in [1.165, 1.54) is 5.69 Å². The maximum Gasteiger partial charge on any atom is 0.0533 e. The van der Waals surface area contributed by atoms with Crippen molar-refractivity contribution in [3.63, 3.8) is 0 Å². The molecule has 1 fully saturated rings. The van der Waals surface area contributed by atoms with Crippen LogP contribution in [-0.4, -0.2) is 13.1 Å². The van der Waals surface area contributed by atoms with Gasteiger partial charge in [0.2, 0.25) is 0 Å². The van der Waals surface area contributed by atoms with Crippen molar-refractivity contribution in [1.82, 2.24) is 11.0 Å². The Morgan fingerprint density at radius 3 is 2.64 bits per heavy atom. The molecule has 1 aromatic carbocycles. The predicted octanol–water partition coefficient (Wildman–Crippen LogP) is 0.516. The Labute approximate surface area is 66.0 Å². The summed E-state index contributed by atoms with van der Waals surface area (Å²) >= 11 is 0. The molecular weight excluding hydrogens is 138 g/mol. The molecule has 1 heterocycles. The van der Waals surface area contributed by atoms with Gasteiger partial charge in [0.15, 0.2) is 0 Å². The van der Waals surface area contributed by atoms with Crippen LogP contribution in [-0.2, 0) is 0 Å². The van der Waals surface area contributed by atoms with Crippen LogP contribution < -0.4 is 16.0 Å². The van der Waals surface area contributed by atoms with Gasteiger partial charge in [0.25, 0.3) is 0 Å². The molecule has 0 amide bonds. The quantitative estimate of drug-likeness (QED) is 0.609. The molecule has 0 spiro atoms. The van der Waals surface area contributed by atoms with Gasteiger partial charge in [-0.15, -0.1) is 0 Å². The lowest BCUT2D eigenvalue weighted by atomic mass is 10.3. The summed E-state index contributed by atoms with van der Waals surface area (Å²) in [7, 11) is 0. The molecule has 0 aliphatic carbocycles. The Kier molecular flexibility index (Phi) is 1.75. The van der Waals surface area contributed by atoms with Crippen molar-refractivity contribution in [2.45, 2.75) is 0 Å². The van der Waals surface area contributed by atoms with Crippen LogP contribution in [0.3, 0.4) is 0 Å². The van der Waals surface area contributed by atoms with Gasteiger partial charge < -0.3 is 0 Å². The Morgan fingerprint density at radius 1 is 1.18 bits per heavy atom. The van der Waals surface area contributed by atoms with E-state index in [2.05, 4.69) is 28.1 Å². The summed E-state index contributed by atoms with van der Waals surface area (Å²) in [6, 6.07) is 10.3. The average Bonchev–Trinajstić information content (AvgIpc) is 2.58. The molecule has 1 aromatic rings.